The van der Waals surface area contributed by atoms with Crippen LogP contribution in [0.25, 0.3) is 0 Å². The molecule has 0 aromatic heterocycles. The lowest BCUT2D eigenvalue weighted by Crippen LogP contribution is -2.19. The van der Waals surface area contributed by atoms with Gasteiger partial charge in [0.1, 0.15) is 11.5 Å². The summed E-state index contributed by atoms with van der Waals surface area (Å²) in [6, 6.07) is 14.4. The number of carboxylic acid groups (broad SMARTS) is 2. The second kappa shape index (κ2) is 11.1. The zero-order chi connectivity index (χ0) is 21.0. The van der Waals surface area contributed by atoms with Crippen LogP contribution in [0.2, 0.25) is 0 Å². The quantitative estimate of drug-likeness (QED) is 0.604. The summed E-state index contributed by atoms with van der Waals surface area (Å²) in [5, 5.41) is 35.0. The van der Waals surface area contributed by atoms with E-state index in [0.717, 1.165) is 23.3 Å². The van der Waals surface area contributed by atoms with Crippen LogP contribution in [0.15, 0.2) is 73.8 Å². The summed E-state index contributed by atoms with van der Waals surface area (Å²) >= 11 is 0. The third kappa shape index (κ3) is 7.92. The van der Waals surface area contributed by atoms with Crippen LogP contribution >= 0.6 is 0 Å². The summed E-state index contributed by atoms with van der Waals surface area (Å²) in [5.74, 6) is -1.46. The van der Waals surface area contributed by atoms with Crippen LogP contribution in [0, 0.1) is 0 Å². The van der Waals surface area contributed by atoms with Crippen molar-refractivity contribution in [3.05, 3.63) is 85.0 Å². The van der Waals surface area contributed by atoms with E-state index in [4.69, 9.17) is 10.2 Å². The second-order valence-corrected chi connectivity index (χ2v) is 5.74. The van der Waals surface area contributed by atoms with Crippen molar-refractivity contribution in [1.82, 2.24) is 0 Å². The predicted octanol–water partition coefficient (Wildman–Crippen LogP) is 3.94. The van der Waals surface area contributed by atoms with Gasteiger partial charge in [0.05, 0.1) is 0 Å². The predicted molar refractivity (Wildman–Crippen MR) is 104 cm³/mol. The number of benzene rings is 2. The van der Waals surface area contributed by atoms with Crippen molar-refractivity contribution in [2.75, 3.05) is 0 Å². The first kappa shape index (κ1) is 23.5. The molecule has 0 saturated carbocycles. The first-order valence-corrected chi connectivity index (χ1v) is 7.85. The zero-order valence-corrected chi connectivity index (χ0v) is 15.3. The number of aliphatic carboxylic acids is 2. The highest BCUT2D eigenvalue weighted by molar-refractivity contribution is 5.79. The molecular formula is C21H24O6. The molecule has 2 aromatic carbocycles. The molecule has 0 bridgehead atoms. The van der Waals surface area contributed by atoms with Crippen molar-refractivity contribution in [1.29, 1.82) is 0 Å². The molecule has 0 fully saturated rings. The van der Waals surface area contributed by atoms with Gasteiger partial charge in [0, 0.05) is 28.7 Å². The summed E-state index contributed by atoms with van der Waals surface area (Å²) in [6.07, 6.45) is 1.67. The van der Waals surface area contributed by atoms with Gasteiger partial charge < -0.3 is 20.4 Å². The largest absolute Gasteiger partial charge is 0.508 e. The van der Waals surface area contributed by atoms with Gasteiger partial charge in [-0.3, -0.25) is 0 Å². The lowest BCUT2D eigenvalue weighted by molar-refractivity contribution is -0.132. The molecule has 6 nitrogen and oxygen atoms in total. The van der Waals surface area contributed by atoms with Crippen molar-refractivity contribution in [2.24, 2.45) is 0 Å². The minimum Gasteiger partial charge on any atom is -0.508 e. The topological polar surface area (TPSA) is 115 Å². The Morgan fingerprint density at radius 1 is 0.778 bits per heavy atom. The molecule has 0 heterocycles. The maximum Gasteiger partial charge on any atom is 0.327 e. The van der Waals surface area contributed by atoms with E-state index in [-0.39, 0.29) is 11.5 Å². The monoisotopic (exact) mass is 372 g/mol. The van der Waals surface area contributed by atoms with E-state index in [1.54, 1.807) is 24.3 Å². The third-order valence-electron chi connectivity index (χ3n) is 3.50. The Kier molecular flexibility index (Phi) is 9.69. The Balaban J connectivity index is 0.000000563. The van der Waals surface area contributed by atoms with Gasteiger partial charge >= 0.3 is 11.9 Å². The molecular weight excluding hydrogens is 348 g/mol. The molecule has 0 saturated heterocycles. The van der Waals surface area contributed by atoms with E-state index in [0.29, 0.717) is 0 Å². The molecule has 6 heteroatoms. The number of rotatable bonds is 4. The van der Waals surface area contributed by atoms with Crippen molar-refractivity contribution in [3.63, 3.8) is 0 Å². The number of phenolic OH excluding ortho intramolecular Hbond substituents is 2. The highest BCUT2D eigenvalue weighted by Crippen LogP contribution is 2.39. The molecule has 0 spiro atoms. The smallest absolute Gasteiger partial charge is 0.327 e. The van der Waals surface area contributed by atoms with E-state index < -0.39 is 17.4 Å². The van der Waals surface area contributed by atoms with Gasteiger partial charge in [0.2, 0.25) is 0 Å². The van der Waals surface area contributed by atoms with Gasteiger partial charge in [-0.25, -0.2) is 9.59 Å². The normalized spacial score (nSPS) is 9.56. The lowest BCUT2D eigenvalue weighted by Gasteiger charge is -2.27. The summed E-state index contributed by atoms with van der Waals surface area (Å²) in [7, 11) is 0. The Morgan fingerprint density at radius 2 is 1.04 bits per heavy atom. The molecule has 0 atom stereocenters. The molecule has 0 aliphatic rings. The molecule has 0 unspecified atom stereocenters. The molecule has 0 radical (unpaired) electrons. The molecule has 0 aliphatic carbocycles. The van der Waals surface area contributed by atoms with Crippen LogP contribution in [0.5, 0.6) is 11.5 Å². The first-order valence-electron chi connectivity index (χ1n) is 7.85. The highest BCUT2D eigenvalue weighted by Gasteiger charge is 2.28. The van der Waals surface area contributed by atoms with Crippen LogP contribution in [-0.2, 0) is 15.0 Å². The van der Waals surface area contributed by atoms with E-state index in [9.17, 15) is 19.8 Å². The van der Waals surface area contributed by atoms with Crippen molar-refractivity contribution in [3.8, 4) is 11.5 Å². The number of hydrogen-bond acceptors (Lipinski definition) is 4. The van der Waals surface area contributed by atoms with Crippen molar-refractivity contribution < 1.29 is 30.0 Å². The van der Waals surface area contributed by atoms with E-state index in [1.807, 2.05) is 38.1 Å². The van der Waals surface area contributed by atoms with Gasteiger partial charge in [-0.05, 0) is 12.1 Å². The van der Waals surface area contributed by atoms with E-state index in [2.05, 4.69) is 13.2 Å². The molecule has 144 valence electrons. The Labute approximate surface area is 158 Å². The fraction of sp³-hybridized carbons (Fsp3) is 0.143. The third-order valence-corrected chi connectivity index (χ3v) is 3.50. The van der Waals surface area contributed by atoms with Crippen LogP contribution in [-0.4, -0.2) is 32.4 Å². The van der Waals surface area contributed by atoms with Gasteiger partial charge in [0.25, 0.3) is 0 Å². The number of para-hydroxylation sites is 2. The van der Waals surface area contributed by atoms with Crippen molar-refractivity contribution >= 4 is 11.9 Å². The van der Waals surface area contributed by atoms with Gasteiger partial charge in [0.15, 0.2) is 0 Å². The Bertz CT molecular complexity index is 727. The zero-order valence-electron chi connectivity index (χ0n) is 15.3. The van der Waals surface area contributed by atoms with Crippen LogP contribution in [0.1, 0.15) is 25.0 Å². The van der Waals surface area contributed by atoms with E-state index in [1.165, 1.54) is 0 Å². The van der Waals surface area contributed by atoms with Gasteiger partial charge in [-0.1, -0.05) is 63.4 Å². The Morgan fingerprint density at radius 3 is 1.26 bits per heavy atom. The average molecular weight is 372 g/mol. The first-order chi connectivity index (χ1) is 12.6. The van der Waals surface area contributed by atoms with Crippen molar-refractivity contribution in [2.45, 2.75) is 19.3 Å². The number of aromatic hydroxyl groups is 2. The second-order valence-electron chi connectivity index (χ2n) is 5.74. The van der Waals surface area contributed by atoms with Gasteiger partial charge in [-0.2, -0.15) is 0 Å². The molecule has 0 aliphatic heterocycles. The number of phenols is 2. The number of carbonyl (C=O) groups is 2. The molecule has 4 N–H and O–H groups in total. The highest BCUT2D eigenvalue weighted by atomic mass is 16.4. The van der Waals surface area contributed by atoms with E-state index >= 15 is 0 Å². The molecule has 2 aromatic rings. The fourth-order valence-corrected chi connectivity index (χ4v) is 2.15. The Hall–Kier alpha value is -3.54. The van der Waals surface area contributed by atoms with Gasteiger partial charge in [-0.15, -0.1) is 0 Å². The fourth-order valence-electron chi connectivity index (χ4n) is 2.15. The number of hydrogen-bond donors (Lipinski definition) is 4. The molecule has 0 amide bonds. The van der Waals surface area contributed by atoms with Crippen LogP contribution < -0.4 is 0 Å². The minimum atomic E-state index is -0.981. The average Bonchev–Trinajstić information content (AvgIpc) is 2.63. The summed E-state index contributed by atoms with van der Waals surface area (Å²) in [4.78, 5) is 18.5. The maximum absolute atomic E-state index is 9.92. The van der Waals surface area contributed by atoms with Crippen LogP contribution in [0.4, 0.5) is 0 Å². The number of carboxylic acids is 2. The molecule has 27 heavy (non-hydrogen) atoms. The SMILES string of the molecule is C=CC(=O)O.C=CC(=O)O.CC(C)(c1ccccc1O)c1ccccc1O. The lowest BCUT2D eigenvalue weighted by atomic mass is 9.77. The summed E-state index contributed by atoms with van der Waals surface area (Å²) < 4.78 is 0. The van der Waals surface area contributed by atoms with Crippen LogP contribution in [0.3, 0.4) is 0 Å². The maximum atomic E-state index is 9.92. The summed E-state index contributed by atoms with van der Waals surface area (Å²) in [5.41, 5.74) is 1.18. The standard InChI is InChI=1S/C15H16O2.2C3H4O2/c1-15(2,11-7-3-5-9-13(11)16)12-8-4-6-10-14(12)17;2*1-2-3(4)5/h3-10,16-17H,1-2H3;2*2H,1H2,(H,4,5). The minimum absolute atomic E-state index is 0.251. The molecule has 2 rings (SSSR count). The summed E-state index contributed by atoms with van der Waals surface area (Å²) in [6.45, 7) is 9.89.